The highest BCUT2D eigenvalue weighted by Gasteiger charge is 2.17. The molecule has 19 heavy (non-hydrogen) atoms. The van der Waals surface area contributed by atoms with Crippen LogP contribution in [0.1, 0.15) is 29.9 Å². The SMILES string of the molecule is CCN(C)c1nc(N)c(C(=O)NCC(C)CCO)s1. The summed E-state index contributed by atoms with van der Waals surface area (Å²) in [5.41, 5.74) is 5.77. The van der Waals surface area contributed by atoms with Gasteiger partial charge in [0.05, 0.1) is 0 Å². The van der Waals surface area contributed by atoms with Crippen LogP contribution in [0.2, 0.25) is 0 Å². The second-order valence-electron chi connectivity index (χ2n) is 4.55. The van der Waals surface area contributed by atoms with Gasteiger partial charge >= 0.3 is 0 Å². The summed E-state index contributed by atoms with van der Waals surface area (Å²) in [5, 5.41) is 12.4. The minimum absolute atomic E-state index is 0.130. The summed E-state index contributed by atoms with van der Waals surface area (Å²) in [6.07, 6.45) is 0.669. The van der Waals surface area contributed by atoms with Crippen LogP contribution in [-0.2, 0) is 0 Å². The van der Waals surface area contributed by atoms with Gasteiger partial charge in [0.1, 0.15) is 10.7 Å². The first-order chi connectivity index (χ1) is 8.99. The number of rotatable bonds is 7. The van der Waals surface area contributed by atoms with Crippen molar-refractivity contribution in [2.24, 2.45) is 5.92 Å². The third-order valence-electron chi connectivity index (χ3n) is 2.88. The monoisotopic (exact) mass is 286 g/mol. The Bertz CT molecular complexity index is 422. The van der Waals surface area contributed by atoms with E-state index in [4.69, 9.17) is 10.8 Å². The molecule has 0 saturated carbocycles. The van der Waals surface area contributed by atoms with E-state index in [-0.39, 0.29) is 24.2 Å². The smallest absolute Gasteiger partial charge is 0.265 e. The van der Waals surface area contributed by atoms with Crippen LogP contribution in [0.4, 0.5) is 10.9 Å². The molecule has 1 rings (SSSR count). The zero-order valence-electron chi connectivity index (χ0n) is 11.6. The lowest BCUT2D eigenvalue weighted by atomic mass is 10.1. The molecule has 1 heterocycles. The molecule has 0 radical (unpaired) electrons. The van der Waals surface area contributed by atoms with Crippen molar-refractivity contribution in [1.29, 1.82) is 0 Å². The maximum Gasteiger partial charge on any atom is 0.265 e. The Balaban J connectivity index is 2.64. The van der Waals surface area contributed by atoms with Gasteiger partial charge in [0, 0.05) is 26.7 Å². The van der Waals surface area contributed by atoms with Crippen molar-refractivity contribution in [2.45, 2.75) is 20.3 Å². The van der Waals surface area contributed by atoms with Crippen molar-refractivity contribution in [3.8, 4) is 0 Å². The molecular formula is C12H22N4O2S. The summed E-state index contributed by atoms with van der Waals surface area (Å²) in [5.74, 6) is 0.309. The Labute approximate surface area is 117 Å². The molecule has 0 aromatic carbocycles. The van der Waals surface area contributed by atoms with Gasteiger partial charge < -0.3 is 21.1 Å². The van der Waals surface area contributed by atoms with Gasteiger partial charge in [0.25, 0.3) is 5.91 Å². The molecule has 1 aromatic rings. The molecule has 0 bridgehead atoms. The number of nitrogens with zero attached hydrogens (tertiary/aromatic N) is 2. The highest BCUT2D eigenvalue weighted by atomic mass is 32.1. The molecule has 1 atom stereocenters. The molecule has 6 nitrogen and oxygen atoms in total. The summed E-state index contributed by atoms with van der Waals surface area (Å²) in [4.78, 5) is 18.6. The molecule has 1 unspecified atom stereocenters. The normalized spacial score (nSPS) is 12.2. The number of amides is 1. The quantitative estimate of drug-likeness (QED) is 0.693. The first kappa shape index (κ1) is 15.7. The lowest BCUT2D eigenvalue weighted by Crippen LogP contribution is -2.28. The molecule has 1 amide bonds. The summed E-state index contributed by atoms with van der Waals surface area (Å²) in [6.45, 7) is 5.44. The van der Waals surface area contributed by atoms with E-state index in [0.717, 1.165) is 11.7 Å². The van der Waals surface area contributed by atoms with Gasteiger partial charge in [-0.15, -0.1) is 0 Å². The number of thiazole rings is 1. The zero-order chi connectivity index (χ0) is 14.4. The van der Waals surface area contributed by atoms with Crippen molar-refractivity contribution < 1.29 is 9.90 Å². The van der Waals surface area contributed by atoms with E-state index in [1.165, 1.54) is 11.3 Å². The molecule has 7 heteroatoms. The topological polar surface area (TPSA) is 91.5 Å². The molecule has 1 aromatic heterocycles. The second-order valence-corrected chi connectivity index (χ2v) is 5.53. The van der Waals surface area contributed by atoms with Crippen molar-refractivity contribution in [1.82, 2.24) is 10.3 Å². The Kier molecular flexibility index (Phi) is 6.04. The van der Waals surface area contributed by atoms with Gasteiger partial charge in [-0.05, 0) is 19.3 Å². The van der Waals surface area contributed by atoms with Crippen LogP contribution in [0.5, 0.6) is 0 Å². The average molecular weight is 286 g/mol. The number of aliphatic hydroxyl groups is 1. The van der Waals surface area contributed by atoms with Crippen LogP contribution in [0.3, 0.4) is 0 Å². The number of carbonyl (C=O) groups is 1. The summed E-state index contributed by atoms with van der Waals surface area (Å²) < 4.78 is 0. The molecule has 0 fully saturated rings. The lowest BCUT2D eigenvalue weighted by Gasteiger charge is -2.11. The number of hydrogen-bond acceptors (Lipinski definition) is 6. The third-order valence-corrected chi connectivity index (χ3v) is 4.07. The van der Waals surface area contributed by atoms with Crippen molar-refractivity contribution in [2.75, 3.05) is 37.4 Å². The maximum absolute atomic E-state index is 12.0. The number of aliphatic hydroxyl groups excluding tert-OH is 1. The number of nitrogens with two attached hydrogens (primary N) is 1. The second kappa shape index (κ2) is 7.30. The predicted molar refractivity (Wildman–Crippen MR) is 78.7 cm³/mol. The van der Waals surface area contributed by atoms with Gasteiger partial charge in [-0.3, -0.25) is 4.79 Å². The largest absolute Gasteiger partial charge is 0.396 e. The van der Waals surface area contributed by atoms with E-state index in [2.05, 4.69) is 10.3 Å². The van der Waals surface area contributed by atoms with Crippen LogP contribution in [-0.4, -0.2) is 42.7 Å². The standard InChI is InChI=1S/C12H22N4O2S/c1-4-16(3)12-15-10(13)9(19-12)11(18)14-7-8(2)5-6-17/h8,17H,4-7,13H2,1-3H3,(H,14,18). The fourth-order valence-corrected chi connectivity index (χ4v) is 2.38. The molecular weight excluding hydrogens is 264 g/mol. The summed E-state index contributed by atoms with van der Waals surface area (Å²) in [6, 6.07) is 0. The van der Waals surface area contributed by atoms with Crippen molar-refractivity contribution in [3.05, 3.63) is 4.88 Å². The van der Waals surface area contributed by atoms with E-state index < -0.39 is 0 Å². The van der Waals surface area contributed by atoms with Crippen molar-refractivity contribution >= 4 is 28.2 Å². The number of aromatic nitrogens is 1. The first-order valence-electron chi connectivity index (χ1n) is 6.36. The number of hydrogen-bond donors (Lipinski definition) is 3. The van der Waals surface area contributed by atoms with E-state index in [0.29, 0.717) is 17.8 Å². The molecule has 0 saturated heterocycles. The molecule has 4 N–H and O–H groups in total. The number of anilines is 2. The van der Waals surface area contributed by atoms with Gasteiger partial charge in [0.2, 0.25) is 0 Å². The van der Waals surface area contributed by atoms with Gasteiger partial charge in [-0.25, -0.2) is 4.98 Å². The first-order valence-corrected chi connectivity index (χ1v) is 7.17. The molecule has 0 aliphatic carbocycles. The van der Waals surface area contributed by atoms with E-state index in [1.807, 2.05) is 25.8 Å². The van der Waals surface area contributed by atoms with Crippen LogP contribution < -0.4 is 16.0 Å². The number of carbonyl (C=O) groups excluding carboxylic acids is 1. The van der Waals surface area contributed by atoms with Crippen LogP contribution in [0.15, 0.2) is 0 Å². The minimum atomic E-state index is -0.199. The fraction of sp³-hybridized carbons (Fsp3) is 0.667. The average Bonchev–Trinajstić information content (AvgIpc) is 2.77. The molecule has 108 valence electrons. The number of nitrogens with one attached hydrogen (secondary N) is 1. The van der Waals surface area contributed by atoms with Crippen LogP contribution in [0, 0.1) is 5.92 Å². The van der Waals surface area contributed by atoms with Crippen molar-refractivity contribution in [3.63, 3.8) is 0 Å². The Hall–Kier alpha value is -1.34. The Morgan fingerprint density at radius 1 is 1.63 bits per heavy atom. The highest BCUT2D eigenvalue weighted by molar-refractivity contribution is 7.18. The van der Waals surface area contributed by atoms with Gasteiger partial charge in [-0.1, -0.05) is 18.3 Å². The highest BCUT2D eigenvalue weighted by Crippen LogP contribution is 2.27. The fourth-order valence-electron chi connectivity index (χ4n) is 1.45. The van der Waals surface area contributed by atoms with Gasteiger partial charge in [0.15, 0.2) is 5.13 Å². The summed E-state index contributed by atoms with van der Waals surface area (Å²) in [7, 11) is 1.91. The van der Waals surface area contributed by atoms with Crippen LogP contribution in [0.25, 0.3) is 0 Å². The predicted octanol–water partition coefficient (Wildman–Crippen LogP) is 0.930. The lowest BCUT2D eigenvalue weighted by molar-refractivity contribution is 0.0950. The summed E-state index contributed by atoms with van der Waals surface area (Å²) >= 11 is 1.29. The molecule has 0 aliphatic rings. The van der Waals surface area contributed by atoms with E-state index >= 15 is 0 Å². The molecule has 0 aliphatic heterocycles. The minimum Gasteiger partial charge on any atom is -0.396 e. The Morgan fingerprint density at radius 2 is 2.32 bits per heavy atom. The zero-order valence-corrected chi connectivity index (χ0v) is 12.5. The molecule has 0 spiro atoms. The van der Waals surface area contributed by atoms with Gasteiger partial charge in [-0.2, -0.15) is 0 Å². The van der Waals surface area contributed by atoms with E-state index in [9.17, 15) is 4.79 Å². The van der Waals surface area contributed by atoms with E-state index in [1.54, 1.807) is 0 Å². The maximum atomic E-state index is 12.0. The number of nitrogen functional groups attached to an aromatic ring is 1. The third kappa shape index (κ3) is 4.36. The van der Waals surface area contributed by atoms with Crippen LogP contribution >= 0.6 is 11.3 Å². The Morgan fingerprint density at radius 3 is 2.89 bits per heavy atom.